The number of hydrogen-bond acceptors (Lipinski definition) is 3. The summed E-state index contributed by atoms with van der Waals surface area (Å²) < 4.78 is 25.5. The number of nitrogens with one attached hydrogen (secondary N) is 1. The van der Waals surface area contributed by atoms with Gasteiger partial charge in [-0.05, 0) is 46.7 Å². The van der Waals surface area contributed by atoms with Gasteiger partial charge in [0.1, 0.15) is 12.4 Å². The second-order valence-corrected chi connectivity index (χ2v) is 5.37. The topological polar surface area (TPSA) is 30.5 Å². The van der Waals surface area contributed by atoms with E-state index in [1.807, 2.05) is 25.2 Å². The third-order valence-electron chi connectivity index (χ3n) is 3.02. The van der Waals surface area contributed by atoms with Gasteiger partial charge in [-0.3, -0.25) is 0 Å². The van der Waals surface area contributed by atoms with Gasteiger partial charge < -0.3 is 14.8 Å². The van der Waals surface area contributed by atoms with Gasteiger partial charge in [0.25, 0.3) is 0 Å². The lowest BCUT2D eigenvalue weighted by Gasteiger charge is -2.11. The lowest BCUT2D eigenvalue weighted by atomic mass is 10.2. The molecule has 0 aliphatic heterocycles. The Morgan fingerprint density at radius 1 is 1.19 bits per heavy atom. The highest BCUT2D eigenvalue weighted by molar-refractivity contribution is 9.10. The van der Waals surface area contributed by atoms with Gasteiger partial charge in [-0.25, -0.2) is 4.39 Å². The fourth-order valence-electron chi connectivity index (χ4n) is 1.96. The van der Waals surface area contributed by atoms with Gasteiger partial charge in [-0.15, -0.1) is 0 Å². The van der Waals surface area contributed by atoms with Crippen LogP contribution in [0.2, 0.25) is 0 Å². The largest absolute Gasteiger partial charge is 0.494 e. The van der Waals surface area contributed by atoms with Crippen LogP contribution in [0.4, 0.5) is 4.39 Å². The van der Waals surface area contributed by atoms with E-state index >= 15 is 0 Å². The van der Waals surface area contributed by atoms with Crippen molar-refractivity contribution in [2.24, 2.45) is 0 Å². The fourth-order valence-corrected chi connectivity index (χ4v) is 2.50. The molecule has 0 spiro atoms. The van der Waals surface area contributed by atoms with Crippen LogP contribution >= 0.6 is 15.9 Å². The van der Waals surface area contributed by atoms with Crippen LogP contribution in [0.25, 0.3) is 0 Å². The summed E-state index contributed by atoms with van der Waals surface area (Å²) >= 11 is 3.47. The molecule has 21 heavy (non-hydrogen) atoms. The zero-order valence-corrected chi connectivity index (χ0v) is 13.5. The van der Waals surface area contributed by atoms with Gasteiger partial charge in [0.2, 0.25) is 0 Å². The van der Waals surface area contributed by atoms with E-state index in [0.29, 0.717) is 11.3 Å². The van der Waals surface area contributed by atoms with Crippen molar-refractivity contribution in [1.82, 2.24) is 5.32 Å². The summed E-state index contributed by atoms with van der Waals surface area (Å²) in [4.78, 5) is 0. The first-order chi connectivity index (χ1) is 10.2. The highest BCUT2D eigenvalue weighted by Gasteiger charge is 2.10. The van der Waals surface area contributed by atoms with Crippen LogP contribution < -0.4 is 14.8 Å². The molecule has 0 fully saturated rings. The summed E-state index contributed by atoms with van der Waals surface area (Å²) in [7, 11) is 3.34. The molecular weight excluding hydrogens is 337 g/mol. The van der Waals surface area contributed by atoms with Crippen LogP contribution in [0.3, 0.4) is 0 Å². The molecule has 0 atom stereocenters. The SMILES string of the molecule is CNCc1ccc(OCc2cccc(OC)c2F)c(Br)c1. The molecule has 3 nitrogen and oxygen atoms in total. The van der Waals surface area contributed by atoms with E-state index in [1.165, 1.54) is 7.11 Å². The first kappa shape index (κ1) is 15.8. The molecule has 0 bridgehead atoms. The van der Waals surface area contributed by atoms with E-state index < -0.39 is 0 Å². The van der Waals surface area contributed by atoms with Gasteiger partial charge in [0.05, 0.1) is 11.6 Å². The lowest BCUT2D eigenvalue weighted by molar-refractivity contribution is 0.294. The van der Waals surface area contributed by atoms with Crippen LogP contribution in [0.5, 0.6) is 11.5 Å². The molecule has 2 aromatic rings. The average Bonchev–Trinajstić information content (AvgIpc) is 2.48. The predicted molar refractivity (Wildman–Crippen MR) is 84.2 cm³/mol. The summed E-state index contributed by atoms with van der Waals surface area (Å²) in [5.41, 5.74) is 1.60. The molecule has 5 heteroatoms. The molecule has 0 amide bonds. The smallest absolute Gasteiger partial charge is 0.171 e. The van der Waals surface area contributed by atoms with Gasteiger partial charge in [0.15, 0.2) is 11.6 Å². The summed E-state index contributed by atoms with van der Waals surface area (Å²) in [6.45, 7) is 0.927. The molecule has 0 saturated heterocycles. The van der Waals surface area contributed by atoms with E-state index in [1.54, 1.807) is 18.2 Å². The maximum absolute atomic E-state index is 14.0. The maximum Gasteiger partial charge on any atom is 0.171 e. The van der Waals surface area contributed by atoms with Gasteiger partial charge in [-0.1, -0.05) is 18.2 Å². The number of rotatable bonds is 6. The molecule has 0 radical (unpaired) electrons. The second-order valence-electron chi connectivity index (χ2n) is 4.52. The molecular formula is C16H17BrFNO2. The summed E-state index contributed by atoms with van der Waals surface area (Å²) in [5, 5.41) is 3.08. The van der Waals surface area contributed by atoms with Gasteiger partial charge in [-0.2, -0.15) is 0 Å². The third-order valence-corrected chi connectivity index (χ3v) is 3.64. The summed E-state index contributed by atoms with van der Waals surface area (Å²) in [6, 6.07) is 10.8. The molecule has 2 aromatic carbocycles. The summed E-state index contributed by atoms with van der Waals surface area (Å²) in [5.74, 6) is 0.513. The van der Waals surface area contributed by atoms with Crippen molar-refractivity contribution in [2.45, 2.75) is 13.2 Å². The number of halogens is 2. The Kier molecular flexibility index (Phi) is 5.59. The zero-order valence-electron chi connectivity index (χ0n) is 12.0. The van der Waals surface area contributed by atoms with E-state index in [0.717, 1.165) is 16.6 Å². The normalized spacial score (nSPS) is 10.5. The van der Waals surface area contributed by atoms with Crippen molar-refractivity contribution in [1.29, 1.82) is 0 Å². The fraction of sp³-hybridized carbons (Fsp3) is 0.250. The van der Waals surface area contributed by atoms with E-state index in [4.69, 9.17) is 9.47 Å². The van der Waals surface area contributed by atoms with Crippen LogP contribution in [-0.2, 0) is 13.2 Å². The molecule has 0 saturated carbocycles. The monoisotopic (exact) mass is 353 g/mol. The molecule has 0 aliphatic rings. The van der Waals surface area contributed by atoms with Crippen molar-refractivity contribution in [3.63, 3.8) is 0 Å². The highest BCUT2D eigenvalue weighted by Crippen LogP contribution is 2.28. The van der Waals surface area contributed by atoms with Crippen LogP contribution in [0, 0.1) is 5.82 Å². The molecule has 112 valence electrons. The number of hydrogen-bond donors (Lipinski definition) is 1. The Morgan fingerprint density at radius 3 is 2.67 bits per heavy atom. The maximum atomic E-state index is 14.0. The zero-order chi connectivity index (χ0) is 15.2. The van der Waals surface area contributed by atoms with Gasteiger partial charge >= 0.3 is 0 Å². The molecule has 1 N–H and O–H groups in total. The van der Waals surface area contributed by atoms with Crippen molar-refractivity contribution >= 4 is 15.9 Å². The Labute approximate surface area is 132 Å². The molecule has 0 aliphatic carbocycles. The second kappa shape index (κ2) is 7.43. The Hall–Kier alpha value is -1.59. The Bertz CT molecular complexity index is 619. The molecule has 0 aromatic heterocycles. The Balaban J connectivity index is 2.10. The van der Waals surface area contributed by atoms with E-state index in [2.05, 4.69) is 21.2 Å². The van der Waals surface area contributed by atoms with Gasteiger partial charge in [0, 0.05) is 12.1 Å². The predicted octanol–water partition coefficient (Wildman–Crippen LogP) is 3.90. The first-order valence-corrected chi connectivity index (χ1v) is 7.32. The molecule has 2 rings (SSSR count). The minimum absolute atomic E-state index is 0.146. The van der Waals surface area contributed by atoms with Crippen molar-refractivity contribution in [3.8, 4) is 11.5 Å². The summed E-state index contributed by atoms with van der Waals surface area (Å²) in [6.07, 6.45) is 0. The first-order valence-electron chi connectivity index (χ1n) is 6.53. The number of ether oxygens (including phenoxy) is 2. The minimum Gasteiger partial charge on any atom is -0.494 e. The standard InChI is InChI=1S/C16H17BrFNO2/c1-19-9-11-6-7-14(13(17)8-11)21-10-12-4-3-5-15(20-2)16(12)18/h3-8,19H,9-10H2,1-2H3. The minimum atomic E-state index is -0.386. The number of benzene rings is 2. The molecule has 0 unspecified atom stereocenters. The van der Waals surface area contributed by atoms with Crippen LogP contribution in [0.15, 0.2) is 40.9 Å². The third kappa shape index (κ3) is 3.95. The average molecular weight is 354 g/mol. The van der Waals surface area contributed by atoms with E-state index in [9.17, 15) is 4.39 Å². The lowest BCUT2D eigenvalue weighted by Crippen LogP contribution is -2.05. The van der Waals surface area contributed by atoms with Crippen molar-refractivity contribution < 1.29 is 13.9 Å². The van der Waals surface area contributed by atoms with E-state index in [-0.39, 0.29) is 18.2 Å². The number of methoxy groups -OCH3 is 1. The molecule has 0 heterocycles. The van der Waals surface area contributed by atoms with Crippen molar-refractivity contribution in [2.75, 3.05) is 14.2 Å². The quantitative estimate of drug-likeness (QED) is 0.854. The van der Waals surface area contributed by atoms with Crippen molar-refractivity contribution in [3.05, 3.63) is 57.8 Å². The highest BCUT2D eigenvalue weighted by atomic mass is 79.9. The van der Waals surface area contributed by atoms with Crippen LogP contribution in [0.1, 0.15) is 11.1 Å². The van der Waals surface area contributed by atoms with Crippen LogP contribution in [-0.4, -0.2) is 14.2 Å². The Morgan fingerprint density at radius 2 is 2.00 bits per heavy atom.